The number of aromatic nitrogens is 2. The summed E-state index contributed by atoms with van der Waals surface area (Å²) in [5, 5.41) is 5.84. The number of carbonyl (C=O) groups excluding carboxylic acids is 1. The molecule has 0 spiro atoms. The smallest absolute Gasteiger partial charge is 0.239 e. The number of hydrogen-bond donors (Lipinski definition) is 2. The van der Waals surface area contributed by atoms with Crippen molar-refractivity contribution in [1.82, 2.24) is 15.3 Å². The fraction of sp³-hybridized carbons (Fsp3) is 0.353. The van der Waals surface area contributed by atoms with Crippen LogP contribution in [0.15, 0.2) is 42.9 Å². The van der Waals surface area contributed by atoms with Crippen LogP contribution in [0, 0.1) is 5.82 Å². The van der Waals surface area contributed by atoms with E-state index in [0.717, 1.165) is 12.0 Å². The molecule has 1 unspecified atom stereocenters. The molecule has 0 radical (unpaired) electrons. The number of carbonyl (C=O) groups is 1. The number of nitrogens with zero attached hydrogens (tertiary/aromatic N) is 2. The summed E-state index contributed by atoms with van der Waals surface area (Å²) < 4.78 is 18.7. The molecule has 0 aliphatic carbocycles. The van der Waals surface area contributed by atoms with Crippen LogP contribution in [0.1, 0.15) is 12.0 Å². The van der Waals surface area contributed by atoms with Crippen molar-refractivity contribution in [3.05, 3.63) is 54.2 Å². The average Bonchev–Trinajstić information content (AvgIpc) is 3.06. The second-order valence-electron chi connectivity index (χ2n) is 5.83. The van der Waals surface area contributed by atoms with E-state index in [1.807, 2.05) is 0 Å². The monoisotopic (exact) mass is 330 g/mol. The molecule has 2 aromatic rings. The van der Waals surface area contributed by atoms with E-state index in [9.17, 15) is 9.18 Å². The lowest BCUT2D eigenvalue weighted by molar-refractivity contribution is -0.115. The second-order valence-corrected chi connectivity index (χ2v) is 5.83. The van der Waals surface area contributed by atoms with E-state index in [1.54, 1.807) is 18.3 Å². The molecule has 0 saturated carbocycles. The summed E-state index contributed by atoms with van der Waals surface area (Å²) in [4.78, 5) is 19.8. The maximum absolute atomic E-state index is 13.2. The van der Waals surface area contributed by atoms with Crippen LogP contribution in [0.2, 0.25) is 0 Å². The fourth-order valence-electron chi connectivity index (χ4n) is 2.85. The van der Waals surface area contributed by atoms with E-state index in [1.165, 1.54) is 24.5 Å². The molecule has 126 valence electrons. The van der Waals surface area contributed by atoms with Gasteiger partial charge in [0.2, 0.25) is 5.91 Å². The van der Waals surface area contributed by atoms with Gasteiger partial charge in [-0.3, -0.25) is 9.78 Å². The van der Waals surface area contributed by atoms with Gasteiger partial charge in [0.1, 0.15) is 5.82 Å². The van der Waals surface area contributed by atoms with E-state index >= 15 is 0 Å². The highest BCUT2D eigenvalue weighted by Crippen LogP contribution is 2.32. The summed E-state index contributed by atoms with van der Waals surface area (Å²) in [6, 6.07) is 6.48. The SMILES string of the molecule is O=C(CNCC1(c2ccc(F)cc2)CCOC1)Nc1cnccn1. The van der Waals surface area contributed by atoms with E-state index in [-0.39, 0.29) is 23.7 Å². The Balaban J connectivity index is 1.57. The third-order valence-electron chi connectivity index (χ3n) is 4.14. The molecule has 1 aliphatic rings. The van der Waals surface area contributed by atoms with Crippen molar-refractivity contribution < 1.29 is 13.9 Å². The molecule has 24 heavy (non-hydrogen) atoms. The first-order chi connectivity index (χ1) is 11.7. The van der Waals surface area contributed by atoms with Crippen LogP contribution >= 0.6 is 0 Å². The molecular weight excluding hydrogens is 311 g/mol. The third-order valence-corrected chi connectivity index (χ3v) is 4.14. The summed E-state index contributed by atoms with van der Waals surface area (Å²) >= 11 is 0. The van der Waals surface area contributed by atoms with Gasteiger partial charge in [-0.1, -0.05) is 12.1 Å². The topological polar surface area (TPSA) is 76.1 Å². The Hall–Kier alpha value is -2.38. The predicted molar refractivity (Wildman–Crippen MR) is 87.0 cm³/mol. The molecule has 1 atom stereocenters. The molecule has 7 heteroatoms. The molecule has 1 amide bonds. The van der Waals surface area contributed by atoms with Crippen LogP contribution in [0.4, 0.5) is 10.2 Å². The third kappa shape index (κ3) is 3.93. The van der Waals surface area contributed by atoms with Crippen LogP contribution in [0.3, 0.4) is 0 Å². The van der Waals surface area contributed by atoms with Crippen molar-refractivity contribution in [3.63, 3.8) is 0 Å². The van der Waals surface area contributed by atoms with Gasteiger partial charge in [-0.25, -0.2) is 9.37 Å². The van der Waals surface area contributed by atoms with Crippen molar-refractivity contribution in [2.75, 3.05) is 31.6 Å². The van der Waals surface area contributed by atoms with E-state index in [4.69, 9.17) is 4.74 Å². The van der Waals surface area contributed by atoms with Gasteiger partial charge in [0.25, 0.3) is 0 Å². The summed E-state index contributed by atoms with van der Waals surface area (Å²) in [6.07, 6.45) is 5.38. The molecule has 2 N–H and O–H groups in total. The number of nitrogens with one attached hydrogen (secondary N) is 2. The van der Waals surface area contributed by atoms with Crippen LogP contribution in [-0.2, 0) is 14.9 Å². The number of amides is 1. The summed E-state index contributed by atoms with van der Waals surface area (Å²) in [7, 11) is 0. The first-order valence-corrected chi connectivity index (χ1v) is 7.78. The number of anilines is 1. The van der Waals surface area contributed by atoms with Gasteiger partial charge in [0, 0.05) is 31.0 Å². The molecule has 1 saturated heterocycles. The molecule has 6 nitrogen and oxygen atoms in total. The number of hydrogen-bond acceptors (Lipinski definition) is 5. The number of rotatable bonds is 6. The molecule has 2 heterocycles. The van der Waals surface area contributed by atoms with Gasteiger partial charge >= 0.3 is 0 Å². The lowest BCUT2D eigenvalue weighted by atomic mass is 9.79. The highest BCUT2D eigenvalue weighted by Gasteiger charge is 2.36. The lowest BCUT2D eigenvalue weighted by Gasteiger charge is -2.28. The second kappa shape index (κ2) is 7.46. The Kier molecular flexibility index (Phi) is 5.12. The minimum Gasteiger partial charge on any atom is -0.380 e. The van der Waals surface area contributed by atoms with Crippen molar-refractivity contribution in [2.24, 2.45) is 0 Å². The number of halogens is 1. The van der Waals surface area contributed by atoms with Crippen molar-refractivity contribution in [2.45, 2.75) is 11.8 Å². The first kappa shape index (κ1) is 16.5. The minimum absolute atomic E-state index is 0.152. The maximum Gasteiger partial charge on any atom is 0.239 e. The number of ether oxygens (including phenoxy) is 1. The summed E-state index contributed by atoms with van der Waals surface area (Å²) in [5.74, 6) is -0.0328. The van der Waals surface area contributed by atoms with Gasteiger partial charge in [-0.05, 0) is 24.1 Å². The number of benzene rings is 1. The Morgan fingerprint density at radius 2 is 2.12 bits per heavy atom. The normalized spacial score (nSPS) is 20.0. The van der Waals surface area contributed by atoms with Gasteiger partial charge in [0.15, 0.2) is 5.82 Å². The van der Waals surface area contributed by atoms with Crippen LogP contribution in [-0.4, -0.2) is 42.2 Å². The zero-order valence-electron chi connectivity index (χ0n) is 13.2. The zero-order valence-corrected chi connectivity index (χ0v) is 13.2. The quantitative estimate of drug-likeness (QED) is 0.839. The Bertz CT molecular complexity index is 673. The van der Waals surface area contributed by atoms with E-state index < -0.39 is 0 Å². The zero-order chi connectivity index (χ0) is 16.8. The molecule has 3 rings (SSSR count). The highest BCUT2D eigenvalue weighted by molar-refractivity contribution is 5.91. The Labute approximate surface area is 139 Å². The van der Waals surface area contributed by atoms with Crippen molar-refractivity contribution >= 4 is 11.7 Å². The van der Waals surface area contributed by atoms with Gasteiger partial charge < -0.3 is 15.4 Å². The molecule has 1 aromatic carbocycles. The van der Waals surface area contributed by atoms with Crippen LogP contribution in [0.25, 0.3) is 0 Å². The summed E-state index contributed by atoms with van der Waals surface area (Å²) in [6.45, 7) is 1.94. The molecule has 1 fully saturated rings. The molecule has 1 aliphatic heterocycles. The molecule has 1 aromatic heterocycles. The first-order valence-electron chi connectivity index (χ1n) is 7.78. The van der Waals surface area contributed by atoms with Crippen LogP contribution in [0.5, 0.6) is 0 Å². The Morgan fingerprint density at radius 1 is 1.29 bits per heavy atom. The van der Waals surface area contributed by atoms with E-state index in [0.29, 0.717) is 25.6 Å². The minimum atomic E-state index is -0.260. The largest absolute Gasteiger partial charge is 0.380 e. The van der Waals surface area contributed by atoms with Crippen molar-refractivity contribution in [3.8, 4) is 0 Å². The highest BCUT2D eigenvalue weighted by atomic mass is 19.1. The Morgan fingerprint density at radius 3 is 2.79 bits per heavy atom. The van der Waals surface area contributed by atoms with Crippen molar-refractivity contribution in [1.29, 1.82) is 0 Å². The predicted octanol–water partition coefficient (Wildman–Crippen LogP) is 1.50. The van der Waals surface area contributed by atoms with Gasteiger partial charge in [-0.15, -0.1) is 0 Å². The fourth-order valence-corrected chi connectivity index (χ4v) is 2.85. The lowest BCUT2D eigenvalue weighted by Crippen LogP contribution is -2.41. The van der Waals surface area contributed by atoms with Gasteiger partial charge in [-0.2, -0.15) is 0 Å². The average molecular weight is 330 g/mol. The molecule has 0 bridgehead atoms. The molecular formula is C17H19FN4O2. The van der Waals surface area contributed by atoms with E-state index in [2.05, 4.69) is 20.6 Å². The standard InChI is InChI=1S/C17H19FN4O2/c18-14-3-1-13(2-4-14)17(5-8-24-12-17)11-20-10-16(23)22-15-9-19-6-7-21-15/h1-4,6-7,9,20H,5,8,10-12H2,(H,21,22,23). The van der Waals surface area contributed by atoms with Gasteiger partial charge in [0.05, 0.1) is 19.3 Å². The van der Waals surface area contributed by atoms with Crippen LogP contribution < -0.4 is 10.6 Å². The maximum atomic E-state index is 13.2. The summed E-state index contributed by atoms with van der Waals surface area (Å²) in [5.41, 5.74) is 0.781.